The zero-order valence-electron chi connectivity index (χ0n) is 22.9. The smallest absolute Gasteiger partial charge is 0.254 e. The van der Waals surface area contributed by atoms with Gasteiger partial charge in [0.25, 0.3) is 5.91 Å². The normalized spacial score (nSPS) is 18.3. The van der Waals surface area contributed by atoms with Crippen LogP contribution in [0.1, 0.15) is 79.9 Å². The number of amides is 1. The molecule has 2 aliphatic rings. The second kappa shape index (κ2) is 13.4. The highest BCUT2D eigenvalue weighted by molar-refractivity contribution is 9.09. The van der Waals surface area contributed by atoms with Crippen molar-refractivity contribution in [2.45, 2.75) is 70.8 Å². The SMILES string of the molecule is CCC(CN1Cc2ccccc2C1=C(CCCBr)C(CC)CN1Cc2ccccc2C1=O)C(=O)CC(C)Br. The number of ketones is 1. The minimum Gasteiger partial charge on any atom is -0.366 e. The molecule has 0 saturated carbocycles. The largest absolute Gasteiger partial charge is 0.366 e. The maximum absolute atomic E-state index is 13.3. The van der Waals surface area contributed by atoms with Crippen LogP contribution < -0.4 is 0 Å². The monoisotopic (exact) mass is 642 g/mol. The lowest BCUT2D eigenvalue weighted by Gasteiger charge is -2.32. The Labute approximate surface area is 245 Å². The molecule has 4 nitrogen and oxygen atoms in total. The van der Waals surface area contributed by atoms with E-state index in [0.29, 0.717) is 18.7 Å². The van der Waals surface area contributed by atoms with E-state index in [1.807, 2.05) is 30.0 Å². The van der Waals surface area contributed by atoms with Gasteiger partial charge in [0.05, 0.1) is 0 Å². The molecule has 204 valence electrons. The molecule has 1 amide bonds. The first-order valence-corrected chi connectivity index (χ1v) is 16.1. The molecule has 3 unspecified atom stereocenters. The number of fused-ring (bicyclic) bond motifs is 2. The molecule has 2 aliphatic heterocycles. The average molecular weight is 644 g/mol. The van der Waals surface area contributed by atoms with Gasteiger partial charge in [0.1, 0.15) is 5.78 Å². The number of halogens is 2. The molecule has 2 aromatic rings. The number of rotatable bonds is 13. The molecule has 0 aromatic heterocycles. The Morgan fingerprint density at radius 3 is 2.08 bits per heavy atom. The molecule has 6 heteroatoms. The van der Waals surface area contributed by atoms with E-state index in [1.165, 1.54) is 22.4 Å². The van der Waals surface area contributed by atoms with Crippen molar-refractivity contribution in [3.8, 4) is 0 Å². The molecule has 0 spiro atoms. The predicted molar refractivity (Wildman–Crippen MR) is 164 cm³/mol. The highest BCUT2D eigenvalue weighted by Crippen LogP contribution is 2.41. The third-order valence-electron chi connectivity index (χ3n) is 8.03. The Bertz CT molecular complexity index is 1180. The third kappa shape index (κ3) is 6.44. The lowest BCUT2D eigenvalue weighted by Crippen LogP contribution is -2.33. The molecule has 38 heavy (non-hydrogen) atoms. The van der Waals surface area contributed by atoms with Gasteiger partial charge in [-0.1, -0.05) is 95.1 Å². The number of nitrogens with zero attached hydrogens (tertiary/aromatic N) is 2. The highest BCUT2D eigenvalue weighted by atomic mass is 79.9. The summed E-state index contributed by atoms with van der Waals surface area (Å²) in [5.74, 6) is 0.746. The van der Waals surface area contributed by atoms with E-state index in [2.05, 4.69) is 80.9 Å². The van der Waals surface area contributed by atoms with Gasteiger partial charge in [0.15, 0.2) is 0 Å². The summed E-state index contributed by atoms with van der Waals surface area (Å²) in [6.45, 7) is 9.40. The van der Waals surface area contributed by atoms with E-state index in [0.717, 1.165) is 61.8 Å². The van der Waals surface area contributed by atoms with E-state index >= 15 is 0 Å². The standard InChI is InChI=1S/C32H40Br2N2O2/c1-4-23(18-36-21-26-12-7-9-14-29(26)32(36)38)27(15-10-16-33)31-28-13-8-6-11-25(28)20-35(31)19-24(5-2)30(37)17-22(3)34/h6-9,11-14,22-24H,4-5,10,15-21H2,1-3H3. The van der Waals surface area contributed by atoms with Crippen molar-refractivity contribution < 1.29 is 9.59 Å². The summed E-state index contributed by atoms with van der Waals surface area (Å²) in [4.78, 5) is 31.1. The van der Waals surface area contributed by atoms with E-state index < -0.39 is 0 Å². The number of alkyl halides is 2. The molecule has 0 radical (unpaired) electrons. The first-order chi connectivity index (χ1) is 18.4. The molecule has 0 bridgehead atoms. The van der Waals surface area contributed by atoms with Crippen molar-refractivity contribution in [1.82, 2.24) is 9.80 Å². The second-order valence-electron chi connectivity index (χ2n) is 10.7. The van der Waals surface area contributed by atoms with Crippen LogP contribution in [0.3, 0.4) is 0 Å². The van der Waals surface area contributed by atoms with Crippen LogP contribution in [0.15, 0.2) is 54.1 Å². The maximum atomic E-state index is 13.3. The fraction of sp³-hybridized carbons (Fsp3) is 0.500. The molecule has 2 aromatic carbocycles. The summed E-state index contributed by atoms with van der Waals surface area (Å²) in [6.07, 6.45) is 4.38. The van der Waals surface area contributed by atoms with E-state index in [4.69, 9.17) is 0 Å². The second-order valence-corrected chi connectivity index (χ2v) is 13.1. The third-order valence-corrected chi connectivity index (χ3v) is 8.91. The molecule has 0 N–H and O–H groups in total. The Morgan fingerprint density at radius 2 is 1.47 bits per heavy atom. The number of carbonyl (C=O) groups is 2. The average Bonchev–Trinajstić information content (AvgIpc) is 3.43. The van der Waals surface area contributed by atoms with Crippen molar-refractivity contribution in [2.24, 2.45) is 11.8 Å². The first-order valence-electron chi connectivity index (χ1n) is 14.0. The Morgan fingerprint density at radius 1 is 0.895 bits per heavy atom. The van der Waals surface area contributed by atoms with Gasteiger partial charge in [0.2, 0.25) is 0 Å². The minimum atomic E-state index is 0.00599. The van der Waals surface area contributed by atoms with Gasteiger partial charge in [-0.2, -0.15) is 0 Å². The zero-order chi connectivity index (χ0) is 27.2. The first kappa shape index (κ1) is 29.1. The van der Waals surface area contributed by atoms with Gasteiger partial charge in [-0.3, -0.25) is 9.59 Å². The van der Waals surface area contributed by atoms with Crippen molar-refractivity contribution in [2.75, 3.05) is 18.4 Å². The van der Waals surface area contributed by atoms with Crippen LogP contribution in [0.25, 0.3) is 5.70 Å². The zero-order valence-corrected chi connectivity index (χ0v) is 26.1. The molecule has 2 heterocycles. The van der Waals surface area contributed by atoms with Crippen molar-refractivity contribution in [3.63, 3.8) is 0 Å². The molecule has 0 aliphatic carbocycles. The van der Waals surface area contributed by atoms with Gasteiger partial charge < -0.3 is 9.80 Å². The number of hydrogen-bond donors (Lipinski definition) is 0. The topological polar surface area (TPSA) is 40.6 Å². The Kier molecular flexibility index (Phi) is 10.3. The predicted octanol–water partition coefficient (Wildman–Crippen LogP) is 7.84. The van der Waals surface area contributed by atoms with Gasteiger partial charge in [0, 0.05) is 65.5 Å². The fourth-order valence-electron chi connectivity index (χ4n) is 6.03. The van der Waals surface area contributed by atoms with Gasteiger partial charge in [-0.05, 0) is 54.4 Å². The number of carbonyl (C=O) groups excluding carboxylic acids is 2. The summed E-state index contributed by atoms with van der Waals surface area (Å²) in [7, 11) is 0. The molecule has 0 fully saturated rings. The van der Waals surface area contributed by atoms with Crippen LogP contribution in [0.4, 0.5) is 0 Å². The van der Waals surface area contributed by atoms with E-state index in [9.17, 15) is 9.59 Å². The molecular weight excluding hydrogens is 604 g/mol. The van der Waals surface area contributed by atoms with Crippen molar-refractivity contribution in [1.29, 1.82) is 0 Å². The lowest BCUT2D eigenvalue weighted by atomic mass is 9.88. The number of Topliss-reactive ketones (excluding diaryl/α,β-unsaturated/α-hetero) is 1. The van der Waals surface area contributed by atoms with Crippen molar-refractivity contribution in [3.05, 3.63) is 76.4 Å². The maximum Gasteiger partial charge on any atom is 0.254 e. The number of hydrogen-bond acceptors (Lipinski definition) is 3. The fourth-order valence-corrected chi connectivity index (χ4v) is 6.63. The lowest BCUT2D eigenvalue weighted by molar-refractivity contribution is -0.123. The summed E-state index contributed by atoms with van der Waals surface area (Å²) in [5.41, 5.74) is 7.32. The highest BCUT2D eigenvalue weighted by Gasteiger charge is 2.34. The van der Waals surface area contributed by atoms with Crippen LogP contribution in [0.2, 0.25) is 0 Å². The number of benzene rings is 2. The summed E-state index contributed by atoms with van der Waals surface area (Å²) in [5, 5.41) is 0.940. The molecule has 0 saturated heterocycles. The van der Waals surface area contributed by atoms with Crippen LogP contribution in [0, 0.1) is 11.8 Å². The molecular formula is C32H40Br2N2O2. The van der Waals surface area contributed by atoms with E-state index in [1.54, 1.807) is 0 Å². The van der Waals surface area contributed by atoms with Gasteiger partial charge >= 0.3 is 0 Å². The van der Waals surface area contributed by atoms with Crippen LogP contribution in [0.5, 0.6) is 0 Å². The van der Waals surface area contributed by atoms with Crippen molar-refractivity contribution >= 4 is 49.2 Å². The quantitative estimate of drug-likeness (QED) is 0.209. The minimum absolute atomic E-state index is 0.00599. The summed E-state index contributed by atoms with van der Waals surface area (Å²) < 4.78 is 0. The summed E-state index contributed by atoms with van der Waals surface area (Å²) >= 11 is 7.24. The Balaban J connectivity index is 1.70. The van der Waals surface area contributed by atoms with Crippen LogP contribution >= 0.6 is 31.9 Å². The van der Waals surface area contributed by atoms with E-state index in [-0.39, 0.29) is 22.6 Å². The van der Waals surface area contributed by atoms with Gasteiger partial charge in [-0.15, -0.1) is 0 Å². The summed E-state index contributed by atoms with van der Waals surface area (Å²) in [6, 6.07) is 16.7. The Hall–Kier alpha value is -1.92. The van der Waals surface area contributed by atoms with Gasteiger partial charge in [-0.25, -0.2) is 0 Å². The van der Waals surface area contributed by atoms with Crippen LogP contribution in [-0.4, -0.2) is 44.7 Å². The molecule has 3 atom stereocenters. The molecule has 4 rings (SSSR count). The van der Waals surface area contributed by atoms with Crippen LogP contribution in [-0.2, 0) is 17.9 Å².